The predicted octanol–water partition coefficient (Wildman–Crippen LogP) is 1.82. The predicted molar refractivity (Wildman–Crippen MR) is 77.8 cm³/mol. The summed E-state index contributed by atoms with van der Waals surface area (Å²) >= 11 is 0. The number of carbonyl (C=O) groups excluding carboxylic acids is 2. The van der Waals surface area contributed by atoms with Crippen molar-refractivity contribution in [1.29, 1.82) is 0 Å². The summed E-state index contributed by atoms with van der Waals surface area (Å²) in [5.41, 5.74) is -0.346. The van der Waals surface area contributed by atoms with Crippen LogP contribution in [0, 0.1) is 11.6 Å². The number of phenolic OH excluding ortho intramolecular Hbond substituents is 1. The third-order valence-corrected chi connectivity index (χ3v) is 2.90. The number of amides is 2. The van der Waals surface area contributed by atoms with Crippen LogP contribution < -0.4 is 10.6 Å². The van der Waals surface area contributed by atoms with Gasteiger partial charge in [0, 0.05) is 31.0 Å². The van der Waals surface area contributed by atoms with Crippen LogP contribution in [-0.4, -0.2) is 28.4 Å². The van der Waals surface area contributed by atoms with Crippen molar-refractivity contribution in [3.63, 3.8) is 0 Å². The number of phenols is 1. The number of nitrogens with one attached hydrogen (secondary N) is 2. The summed E-state index contributed by atoms with van der Waals surface area (Å²) in [6.07, 6.45) is 2.92. The number of pyridine rings is 1. The van der Waals surface area contributed by atoms with Crippen LogP contribution in [0.15, 0.2) is 36.7 Å². The number of rotatable bonds is 5. The molecule has 0 aliphatic heterocycles. The van der Waals surface area contributed by atoms with Crippen molar-refractivity contribution in [3.8, 4) is 5.75 Å². The zero-order chi connectivity index (χ0) is 16.8. The Balaban J connectivity index is 1.88. The molecule has 0 atom stereocenters. The minimum atomic E-state index is -1.34. The minimum absolute atomic E-state index is 0.0872. The molecule has 1 aromatic carbocycles. The quantitative estimate of drug-likeness (QED) is 0.783. The van der Waals surface area contributed by atoms with Crippen LogP contribution in [0.4, 0.5) is 14.5 Å². The molecule has 0 unspecified atom stereocenters. The number of nitrogens with zero attached hydrogens (tertiary/aromatic N) is 1. The van der Waals surface area contributed by atoms with Crippen molar-refractivity contribution in [3.05, 3.63) is 53.9 Å². The van der Waals surface area contributed by atoms with Gasteiger partial charge in [-0.3, -0.25) is 14.6 Å². The van der Waals surface area contributed by atoms with Gasteiger partial charge in [0.15, 0.2) is 11.6 Å². The monoisotopic (exact) mass is 321 g/mol. The highest BCUT2D eigenvalue weighted by Gasteiger charge is 2.20. The molecule has 1 aromatic heterocycles. The second-order valence-electron chi connectivity index (χ2n) is 4.55. The molecule has 23 heavy (non-hydrogen) atoms. The van der Waals surface area contributed by atoms with E-state index in [1.165, 1.54) is 12.4 Å². The molecule has 6 nitrogen and oxygen atoms in total. The Kier molecular flexibility index (Phi) is 5.19. The van der Waals surface area contributed by atoms with Crippen LogP contribution in [0.25, 0.3) is 0 Å². The van der Waals surface area contributed by atoms with Gasteiger partial charge in [-0.05, 0) is 24.3 Å². The van der Waals surface area contributed by atoms with Crippen molar-refractivity contribution in [2.45, 2.75) is 6.42 Å². The van der Waals surface area contributed by atoms with E-state index in [0.29, 0.717) is 5.69 Å². The summed E-state index contributed by atoms with van der Waals surface area (Å²) in [5, 5.41) is 14.0. The molecule has 0 saturated carbocycles. The van der Waals surface area contributed by atoms with Crippen molar-refractivity contribution < 1.29 is 23.5 Å². The lowest BCUT2D eigenvalue weighted by atomic mass is 10.1. The number of hydrogen-bond donors (Lipinski definition) is 3. The smallest absolute Gasteiger partial charge is 0.257 e. The SMILES string of the molecule is O=C(CCNC(=O)c1c(F)ccc(O)c1F)Nc1ccncc1. The maximum Gasteiger partial charge on any atom is 0.257 e. The molecule has 3 N–H and O–H groups in total. The van der Waals surface area contributed by atoms with Crippen LogP contribution in [-0.2, 0) is 4.79 Å². The van der Waals surface area contributed by atoms with E-state index in [1.54, 1.807) is 12.1 Å². The Hall–Kier alpha value is -3.03. The molecular formula is C15H13F2N3O3. The van der Waals surface area contributed by atoms with Crippen LogP contribution >= 0.6 is 0 Å². The molecule has 0 aliphatic carbocycles. The normalized spacial score (nSPS) is 10.2. The first-order chi connectivity index (χ1) is 11.0. The molecule has 8 heteroatoms. The lowest BCUT2D eigenvalue weighted by Gasteiger charge is -2.08. The molecule has 0 bridgehead atoms. The van der Waals surface area contributed by atoms with Crippen LogP contribution in [0.3, 0.4) is 0 Å². The van der Waals surface area contributed by atoms with Gasteiger partial charge in [-0.25, -0.2) is 8.78 Å². The summed E-state index contributed by atoms with van der Waals surface area (Å²) in [7, 11) is 0. The summed E-state index contributed by atoms with van der Waals surface area (Å²) < 4.78 is 27.0. The molecule has 2 amide bonds. The molecular weight excluding hydrogens is 308 g/mol. The van der Waals surface area contributed by atoms with E-state index >= 15 is 0 Å². The minimum Gasteiger partial charge on any atom is -0.505 e. The lowest BCUT2D eigenvalue weighted by Crippen LogP contribution is -2.29. The maximum absolute atomic E-state index is 13.6. The van der Waals surface area contributed by atoms with Gasteiger partial charge < -0.3 is 15.7 Å². The summed E-state index contributed by atoms with van der Waals surface area (Å²) in [5.74, 6) is -4.70. The van der Waals surface area contributed by atoms with E-state index in [9.17, 15) is 18.4 Å². The van der Waals surface area contributed by atoms with E-state index in [-0.39, 0.29) is 18.9 Å². The molecule has 0 spiro atoms. The number of anilines is 1. The zero-order valence-electron chi connectivity index (χ0n) is 11.8. The van der Waals surface area contributed by atoms with Gasteiger partial charge in [-0.1, -0.05) is 0 Å². The van der Waals surface area contributed by atoms with Crippen molar-refractivity contribution >= 4 is 17.5 Å². The van der Waals surface area contributed by atoms with E-state index in [1.807, 2.05) is 0 Å². The largest absolute Gasteiger partial charge is 0.505 e. The number of hydrogen-bond acceptors (Lipinski definition) is 4. The first-order valence-corrected chi connectivity index (χ1v) is 6.64. The average molecular weight is 321 g/mol. The Morgan fingerprint density at radius 3 is 2.52 bits per heavy atom. The van der Waals surface area contributed by atoms with Gasteiger partial charge in [0.25, 0.3) is 5.91 Å². The third-order valence-electron chi connectivity index (χ3n) is 2.90. The molecule has 1 heterocycles. The number of halogens is 2. The summed E-state index contributed by atoms with van der Waals surface area (Å²) in [6.45, 7) is -0.121. The Labute approximate surface area is 130 Å². The Morgan fingerprint density at radius 1 is 1.13 bits per heavy atom. The molecule has 2 rings (SSSR count). The highest BCUT2D eigenvalue weighted by atomic mass is 19.1. The van der Waals surface area contributed by atoms with Crippen molar-refractivity contribution in [2.24, 2.45) is 0 Å². The molecule has 0 aliphatic rings. The number of carbonyl (C=O) groups is 2. The van der Waals surface area contributed by atoms with Gasteiger partial charge in [-0.2, -0.15) is 0 Å². The molecule has 0 saturated heterocycles. The highest BCUT2D eigenvalue weighted by Crippen LogP contribution is 2.21. The van der Waals surface area contributed by atoms with E-state index in [4.69, 9.17) is 5.11 Å². The molecule has 0 fully saturated rings. The number of aromatic hydroxyl groups is 1. The Morgan fingerprint density at radius 2 is 1.83 bits per heavy atom. The lowest BCUT2D eigenvalue weighted by molar-refractivity contribution is -0.116. The number of benzene rings is 1. The highest BCUT2D eigenvalue weighted by molar-refractivity contribution is 5.96. The maximum atomic E-state index is 13.6. The fourth-order valence-electron chi connectivity index (χ4n) is 1.79. The van der Waals surface area contributed by atoms with Crippen molar-refractivity contribution in [2.75, 3.05) is 11.9 Å². The fraction of sp³-hybridized carbons (Fsp3) is 0.133. The average Bonchev–Trinajstić information content (AvgIpc) is 2.52. The van der Waals surface area contributed by atoms with Gasteiger partial charge in [-0.15, -0.1) is 0 Å². The van der Waals surface area contributed by atoms with Crippen LogP contribution in [0.1, 0.15) is 16.8 Å². The van der Waals surface area contributed by atoms with Crippen molar-refractivity contribution in [1.82, 2.24) is 10.3 Å². The van der Waals surface area contributed by atoms with Crippen LogP contribution in [0.2, 0.25) is 0 Å². The first kappa shape index (κ1) is 16.3. The van der Waals surface area contributed by atoms with Gasteiger partial charge >= 0.3 is 0 Å². The third kappa shape index (κ3) is 4.22. The van der Waals surface area contributed by atoms with E-state index in [0.717, 1.165) is 12.1 Å². The van der Waals surface area contributed by atoms with E-state index in [2.05, 4.69) is 15.6 Å². The first-order valence-electron chi connectivity index (χ1n) is 6.64. The van der Waals surface area contributed by atoms with E-state index < -0.39 is 28.9 Å². The second-order valence-corrected chi connectivity index (χ2v) is 4.55. The fourth-order valence-corrected chi connectivity index (χ4v) is 1.79. The summed E-state index contributed by atoms with van der Waals surface area (Å²) in [6, 6.07) is 4.77. The Bertz CT molecular complexity index is 723. The zero-order valence-corrected chi connectivity index (χ0v) is 11.8. The standard InChI is InChI=1S/C15H13F2N3O3/c16-10-1-2-11(21)14(17)13(10)15(23)19-8-5-12(22)20-9-3-6-18-7-4-9/h1-4,6-7,21H,5,8H2,(H,19,23)(H,18,20,22). The molecule has 120 valence electrons. The van der Waals surface area contributed by atoms with Gasteiger partial charge in [0.1, 0.15) is 11.4 Å². The topological polar surface area (TPSA) is 91.3 Å². The van der Waals surface area contributed by atoms with Crippen LogP contribution in [0.5, 0.6) is 5.75 Å². The second kappa shape index (κ2) is 7.30. The van der Waals surface area contributed by atoms with Gasteiger partial charge in [0.2, 0.25) is 5.91 Å². The molecule has 2 aromatic rings. The van der Waals surface area contributed by atoms with Gasteiger partial charge in [0.05, 0.1) is 0 Å². The number of aromatic nitrogens is 1. The summed E-state index contributed by atoms with van der Waals surface area (Å²) in [4.78, 5) is 27.2. The molecule has 0 radical (unpaired) electrons.